The minimum atomic E-state index is -0.741. The fourth-order valence-electron chi connectivity index (χ4n) is 8.85. The lowest BCUT2D eigenvalue weighted by atomic mass is 9.74. The maximum absolute atomic E-state index is 10.7. The topological polar surface area (TPSA) is 108 Å². The third-order valence-electron chi connectivity index (χ3n) is 10.8. The molecule has 0 spiro atoms. The highest BCUT2D eigenvalue weighted by Gasteiger charge is 2.50. The summed E-state index contributed by atoms with van der Waals surface area (Å²) in [5.74, 6) is 3.09. The van der Waals surface area contributed by atoms with Crippen LogP contribution < -0.4 is 21.5 Å². The number of aliphatic hydroxyl groups is 2. The van der Waals surface area contributed by atoms with Crippen LogP contribution in [0.25, 0.3) is 0 Å². The number of piperazine rings is 1. The first-order valence-electron chi connectivity index (χ1n) is 16.1. The molecule has 0 aromatic heterocycles. The molecule has 0 bridgehead atoms. The molecule has 6 aliphatic rings. The van der Waals surface area contributed by atoms with E-state index < -0.39 is 12.3 Å². The number of hydrogen-bond acceptors (Lipinski definition) is 10. The Morgan fingerprint density at radius 1 is 0.872 bits per heavy atom. The van der Waals surface area contributed by atoms with E-state index in [-0.39, 0.29) is 0 Å². The molecule has 224 valence electrons. The molecule has 4 heterocycles. The van der Waals surface area contributed by atoms with Crippen molar-refractivity contribution < 1.29 is 14.9 Å². The first-order valence-corrected chi connectivity index (χ1v) is 16.1. The van der Waals surface area contributed by atoms with E-state index in [0.717, 1.165) is 65.6 Å². The Morgan fingerprint density at radius 3 is 2.44 bits per heavy atom. The lowest BCUT2D eigenvalue weighted by Crippen LogP contribution is -2.70. The summed E-state index contributed by atoms with van der Waals surface area (Å²) in [6.45, 7) is 13.8. The molecule has 10 unspecified atom stereocenters. The molecule has 4 saturated heterocycles. The second kappa shape index (κ2) is 12.9. The second-order valence-corrected chi connectivity index (χ2v) is 13.8. The van der Waals surface area contributed by atoms with Gasteiger partial charge in [0.1, 0.15) is 6.23 Å². The van der Waals surface area contributed by atoms with Crippen molar-refractivity contribution >= 4 is 0 Å². The quantitative estimate of drug-likeness (QED) is 0.244. The average molecular weight is 550 g/mol. The van der Waals surface area contributed by atoms with Crippen molar-refractivity contribution in [2.24, 2.45) is 29.6 Å². The normalized spacial score (nSPS) is 42.4. The number of rotatable bonds is 8. The fraction of sp³-hybridized carbons (Fsp3) is 1.00. The summed E-state index contributed by atoms with van der Waals surface area (Å²) in [7, 11) is 0. The molecule has 2 saturated carbocycles. The van der Waals surface area contributed by atoms with Crippen LogP contribution in [0.2, 0.25) is 0 Å². The number of nitrogens with zero attached hydrogens (tertiary/aromatic N) is 3. The molecule has 4 aliphatic heterocycles. The summed E-state index contributed by atoms with van der Waals surface area (Å²) < 4.78 is 5.74. The zero-order valence-corrected chi connectivity index (χ0v) is 24.3. The summed E-state index contributed by atoms with van der Waals surface area (Å²) in [5.41, 5.74) is 7.01. The molecule has 39 heavy (non-hydrogen) atoms. The molecular formula is C29H55N7O3. The maximum atomic E-state index is 10.7. The Hall–Kier alpha value is -0.400. The predicted octanol–water partition coefficient (Wildman–Crippen LogP) is -0.206. The van der Waals surface area contributed by atoms with E-state index in [0.29, 0.717) is 60.4 Å². The van der Waals surface area contributed by atoms with Crippen LogP contribution in [0, 0.1) is 29.6 Å². The Labute approximate surface area is 235 Å². The van der Waals surface area contributed by atoms with E-state index >= 15 is 0 Å². The Kier molecular flexibility index (Phi) is 9.46. The van der Waals surface area contributed by atoms with Crippen molar-refractivity contribution in [3.8, 4) is 0 Å². The number of morpholine rings is 1. The standard InChI is InChI=1S/C29H55N7O3/c1-19(2)14-26(37)29(38)36-8-6-34(7-9-36)18-20-15-22-25(16-20)31-27(32-28(22)35-10-12-39-13-11-35)21-4-3-5-24-23(21)17-30-33-24/h19-33,37-38H,3-18H2,1-2H3. The fourth-order valence-corrected chi connectivity index (χ4v) is 8.85. The van der Waals surface area contributed by atoms with Crippen LogP contribution in [0.3, 0.4) is 0 Å². The van der Waals surface area contributed by atoms with E-state index in [9.17, 15) is 10.2 Å². The number of fused-ring (bicyclic) bond motifs is 2. The predicted molar refractivity (Wildman–Crippen MR) is 151 cm³/mol. The van der Waals surface area contributed by atoms with Crippen molar-refractivity contribution in [1.82, 2.24) is 36.2 Å². The number of ether oxygens (including phenoxy) is 1. The Morgan fingerprint density at radius 2 is 1.67 bits per heavy atom. The molecule has 6 N–H and O–H groups in total. The third kappa shape index (κ3) is 6.50. The molecule has 0 aromatic rings. The molecule has 0 amide bonds. The van der Waals surface area contributed by atoms with Crippen LogP contribution in [0.5, 0.6) is 0 Å². The third-order valence-corrected chi connectivity index (χ3v) is 10.8. The summed E-state index contributed by atoms with van der Waals surface area (Å²) >= 11 is 0. The van der Waals surface area contributed by atoms with E-state index in [4.69, 9.17) is 4.74 Å². The van der Waals surface area contributed by atoms with Gasteiger partial charge >= 0.3 is 0 Å². The van der Waals surface area contributed by atoms with Crippen LogP contribution in [0.1, 0.15) is 52.4 Å². The summed E-state index contributed by atoms with van der Waals surface area (Å²) in [5, 5.41) is 29.4. The smallest absolute Gasteiger partial charge is 0.133 e. The number of hydrogen-bond donors (Lipinski definition) is 6. The Balaban J connectivity index is 1.06. The lowest BCUT2D eigenvalue weighted by Gasteiger charge is -2.50. The molecule has 6 fully saturated rings. The van der Waals surface area contributed by atoms with Crippen molar-refractivity contribution in [3.05, 3.63) is 0 Å². The zero-order valence-electron chi connectivity index (χ0n) is 24.3. The first-order chi connectivity index (χ1) is 19.0. The summed E-state index contributed by atoms with van der Waals surface area (Å²) in [6, 6.07) is 1.19. The summed E-state index contributed by atoms with van der Waals surface area (Å²) in [6.07, 6.45) is 6.52. The van der Waals surface area contributed by atoms with E-state index in [1.165, 1.54) is 32.1 Å². The van der Waals surface area contributed by atoms with Gasteiger partial charge in [-0.05, 0) is 55.8 Å². The van der Waals surface area contributed by atoms with Crippen LogP contribution in [-0.2, 0) is 4.74 Å². The van der Waals surface area contributed by atoms with Gasteiger partial charge in [-0.15, -0.1) is 0 Å². The highest BCUT2D eigenvalue weighted by molar-refractivity contribution is 5.04. The van der Waals surface area contributed by atoms with Gasteiger partial charge in [-0.3, -0.25) is 31.3 Å². The minimum Gasteiger partial charge on any atom is -0.389 e. The highest BCUT2D eigenvalue weighted by atomic mass is 16.5. The largest absolute Gasteiger partial charge is 0.389 e. The molecule has 10 atom stereocenters. The maximum Gasteiger partial charge on any atom is 0.133 e. The second-order valence-electron chi connectivity index (χ2n) is 13.8. The van der Waals surface area contributed by atoms with Gasteiger partial charge in [-0.1, -0.05) is 20.3 Å². The number of hydrazine groups is 1. The molecular weight excluding hydrogens is 494 g/mol. The Bertz CT molecular complexity index is 778. The lowest BCUT2D eigenvalue weighted by molar-refractivity contribution is -0.103. The van der Waals surface area contributed by atoms with Crippen LogP contribution in [0.4, 0.5) is 0 Å². The molecule has 10 heteroatoms. The molecule has 0 radical (unpaired) electrons. The zero-order chi connectivity index (χ0) is 26.9. The SMILES string of the molecule is CC(C)CC(O)C(O)N1CCN(CC2CC3NC(C4CCCC5NNCC54)NC(N4CCOCC4)C3C2)CC1. The van der Waals surface area contributed by atoms with E-state index in [2.05, 4.69) is 50.0 Å². The van der Waals surface area contributed by atoms with E-state index in [1.54, 1.807) is 0 Å². The van der Waals surface area contributed by atoms with Crippen LogP contribution >= 0.6 is 0 Å². The first kappa shape index (κ1) is 28.7. The average Bonchev–Trinajstić information content (AvgIpc) is 3.59. The van der Waals surface area contributed by atoms with Crippen molar-refractivity contribution in [2.75, 3.05) is 65.6 Å². The van der Waals surface area contributed by atoms with Crippen molar-refractivity contribution in [3.63, 3.8) is 0 Å². The van der Waals surface area contributed by atoms with Gasteiger partial charge in [0.05, 0.1) is 31.6 Å². The monoisotopic (exact) mass is 549 g/mol. The van der Waals surface area contributed by atoms with Crippen LogP contribution in [0.15, 0.2) is 0 Å². The summed E-state index contributed by atoms with van der Waals surface area (Å²) in [4.78, 5) is 7.37. The minimum absolute atomic E-state index is 0.384. The van der Waals surface area contributed by atoms with Crippen molar-refractivity contribution in [2.45, 2.75) is 89.1 Å². The molecule has 6 rings (SSSR count). The van der Waals surface area contributed by atoms with E-state index in [1.807, 2.05) is 0 Å². The van der Waals surface area contributed by atoms with Gasteiger partial charge in [0.15, 0.2) is 0 Å². The molecule has 2 aliphatic carbocycles. The van der Waals surface area contributed by atoms with Crippen LogP contribution in [-0.4, -0.2) is 127 Å². The van der Waals surface area contributed by atoms with Gasteiger partial charge in [0.2, 0.25) is 0 Å². The van der Waals surface area contributed by atoms with Gasteiger partial charge < -0.3 is 19.8 Å². The number of nitrogens with one attached hydrogen (secondary N) is 4. The van der Waals surface area contributed by atoms with Gasteiger partial charge in [0.25, 0.3) is 0 Å². The van der Waals surface area contributed by atoms with Gasteiger partial charge in [-0.25, -0.2) is 0 Å². The van der Waals surface area contributed by atoms with Gasteiger partial charge in [0, 0.05) is 70.4 Å². The van der Waals surface area contributed by atoms with Gasteiger partial charge in [-0.2, -0.15) is 0 Å². The molecule has 0 aromatic carbocycles. The molecule has 10 nitrogen and oxygen atoms in total. The van der Waals surface area contributed by atoms with Crippen molar-refractivity contribution in [1.29, 1.82) is 0 Å². The number of aliphatic hydroxyl groups excluding tert-OH is 2. The highest BCUT2D eigenvalue weighted by Crippen LogP contribution is 2.41.